The Bertz CT molecular complexity index is 1120. The van der Waals surface area contributed by atoms with E-state index >= 15 is 0 Å². The zero-order valence-electron chi connectivity index (χ0n) is 17.4. The highest BCUT2D eigenvalue weighted by atomic mass is 16.6. The molecule has 2 amide bonds. The lowest BCUT2D eigenvalue weighted by Crippen LogP contribution is -2.32. The molecule has 0 aromatic heterocycles. The molecule has 0 spiro atoms. The number of cyclic esters (lactones) is 1. The number of carbonyl (C=O) groups excluding carboxylic acids is 2. The number of hydrogen-bond acceptors (Lipinski definition) is 4. The minimum Gasteiger partial charge on any atom is -0.457 e. The van der Waals surface area contributed by atoms with Gasteiger partial charge in [0.25, 0.3) is 5.91 Å². The molecule has 1 fully saturated rings. The van der Waals surface area contributed by atoms with Crippen molar-refractivity contribution in [3.8, 4) is 11.5 Å². The maximum atomic E-state index is 12.9. The number of ether oxygens (including phenoxy) is 2. The number of nitrogens with zero attached hydrogens (tertiary/aromatic N) is 1. The van der Waals surface area contributed by atoms with Gasteiger partial charge in [0.05, 0.1) is 2.74 Å². The SMILES string of the molecule is [2H]C1([2H])OC(=O)N(C(=O)C=Cc2ccccc2Oc2ccccc2)C1c1ccccc1. The van der Waals surface area contributed by atoms with Crippen molar-refractivity contribution in [2.75, 3.05) is 6.56 Å². The van der Waals surface area contributed by atoms with Crippen LogP contribution in [0.25, 0.3) is 6.08 Å². The molecule has 0 radical (unpaired) electrons. The van der Waals surface area contributed by atoms with Crippen LogP contribution in [0.2, 0.25) is 0 Å². The third-order valence-corrected chi connectivity index (χ3v) is 4.36. The molecule has 3 aromatic carbocycles. The van der Waals surface area contributed by atoms with Crippen LogP contribution >= 0.6 is 0 Å². The van der Waals surface area contributed by atoms with Crippen molar-refractivity contribution >= 4 is 18.1 Å². The lowest BCUT2D eigenvalue weighted by atomic mass is 10.1. The second-order valence-corrected chi connectivity index (χ2v) is 6.29. The molecule has 0 saturated carbocycles. The van der Waals surface area contributed by atoms with Gasteiger partial charge in [-0.2, -0.15) is 0 Å². The Morgan fingerprint density at radius 3 is 2.41 bits per heavy atom. The Morgan fingerprint density at radius 2 is 1.66 bits per heavy atom. The molecule has 5 heteroatoms. The largest absolute Gasteiger partial charge is 0.457 e. The molecular weight excluding hydrogens is 366 g/mol. The third-order valence-electron chi connectivity index (χ3n) is 4.36. The lowest BCUT2D eigenvalue weighted by molar-refractivity contribution is -0.124. The van der Waals surface area contributed by atoms with Gasteiger partial charge in [0.15, 0.2) is 0 Å². The van der Waals surface area contributed by atoms with Gasteiger partial charge >= 0.3 is 6.09 Å². The highest BCUT2D eigenvalue weighted by molar-refractivity contribution is 6.02. The standard InChI is InChI=1S/C24H19NO4/c26-23(25-21(17-28-24(25)27)18-9-3-1-4-10-18)16-15-19-11-7-8-14-22(19)29-20-12-5-2-6-13-20/h1-16,21H,17H2/i17D2. The summed E-state index contributed by atoms with van der Waals surface area (Å²) < 4.78 is 26.9. The normalized spacial score (nSPS) is 18.8. The van der Waals surface area contributed by atoms with E-state index in [0.29, 0.717) is 22.6 Å². The van der Waals surface area contributed by atoms with Crippen LogP contribution in [0.5, 0.6) is 11.5 Å². The van der Waals surface area contributed by atoms with E-state index in [1.165, 1.54) is 12.2 Å². The van der Waals surface area contributed by atoms with Crippen LogP contribution in [0.3, 0.4) is 0 Å². The average Bonchev–Trinajstić information content (AvgIpc) is 3.02. The lowest BCUT2D eigenvalue weighted by Gasteiger charge is -2.18. The van der Waals surface area contributed by atoms with Crippen molar-refractivity contribution in [2.45, 2.75) is 6.04 Å². The van der Waals surface area contributed by atoms with Crippen LogP contribution in [-0.2, 0) is 9.53 Å². The summed E-state index contributed by atoms with van der Waals surface area (Å²) in [4.78, 5) is 26.0. The molecular formula is C24H19NO4. The molecule has 29 heavy (non-hydrogen) atoms. The summed E-state index contributed by atoms with van der Waals surface area (Å²) >= 11 is 0. The molecule has 0 bridgehead atoms. The summed E-state index contributed by atoms with van der Waals surface area (Å²) in [6.07, 6.45) is 1.72. The van der Waals surface area contributed by atoms with Gasteiger partial charge in [0.1, 0.15) is 24.1 Å². The second kappa shape index (κ2) is 8.44. The average molecular weight is 387 g/mol. The highest BCUT2D eigenvalue weighted by Crippen LogP contribution is 2.29. The highest BCUT2D eigenvalue weighted by Gasteiger charge is 2.37. The molecule has 1 unspecified atom stereocenters. The summed E-state index contributed by atoms with van der Waals surface area (Å²) in [6.45, 7) is -2.34. The smallest absolute Gasteiger partial charge is 0.417 e. The topological polar surface area (TPSA) is 55.8 Å². The zero-order valence-corrected chi connectivity index (χ0v) is 15.4. The van der Waals surface area contributed by atoms with Crippen LogP contribution in [0.4, 0.5) is 4.79 Å². The van der Waals surface area contributed by atoms with Gasteiger partial charge in [-0.15, -0.1) is 0 Å². The Labute approximate surface area is 171 Å². The molecule has 4 rings (SSSR count). The number of benzene rings is 3. The van der Waals surface area contributed by atoms with Gasteiger partial charge in [-0.05, 0) is 29.8 Å². The molecule has 5 nitrogen and oxygen atoms in total. The third kappa shape index (κ3) is 4.19. The van der Waals surface area contributed by atoms with Crippen molar-refractivity contribution in [1.29, 1.82) is 0 Å². The van der Waals surface area contributed by atoms with Crippen molar-refractivity contribution < 1.29 is 21.8 Å². The van der Waals surface area contributed by atoms with Crippen LogP contribution in [0, 0.1) is 0 Å². The molecule has 1 aliphatic rings. The first-order valence-corrected chi connectivity index (χ1v) is 9.07. The minimum atomic E-state index is -2.34. The quantitative estimate of drug-likeness (QED) is 0.564. The van der Waals surface area contributed by atoms with E-state index in [0.717, 1.165) is 4.90 Å². The van der Waals surface area contributed by atoms with Crippen LogP contribution in [0.1, 0.15) is 19.9 Å². The van der Waals surface area contributed by atoms with Crippen molar-refractivity contribution in [2.24, 2.45) is 0 Å². The Balaban J connectivity index is 1.60. The number of para-hydroxylation sites is 2. The summed E-state index contributed by atoms with van der Waals surface area (Å²) in [6, 6.07) is 23.7. The fourth-order valence-electron chi connectivity index (χ4n) is 2.95. The molecule has 0 aliphatic carbocycles. The Kier molecular flexibility index (Phi) is 4.69. The number of amides is 2. The van der Waals surface area contributed by atoms with E-state index in [9.17, 15) is 9.59 Å². The molecule has 1 heterocycles. The van der Waals surface area contributed by atoms with E-state index in [-0.39, 0.29) is 0 Å². The number of rotatable bonds is 5. The molecule has 1 atom stereocenters. The van der Waals surface area contributed by atoms with Gasteiger partial charge < -0.3 is 9.47 Å². The van der Waals surface area contributed by atoms with Gasteiger partial charge in [0, 0.05) is 11.6 Å². The van der Waals surface area contributed by atoms with E-state index in [1.54, 1.807) is 48.5 Å². The van der Waals surface area contributed by atoms with E-state index < -0.39 is 24.6 Å². The molecule has 1 saturated heterocycles. The van der Waals surface area contributed by atoms with Crippen LogP contribution in [0.15, 0.2) is 91.0 Å². The minimum absolute atomic E-state index is 0.466. The predicted octanol–water partition coefficient (Wildman–Crippen LogP) is 5.21. The monoisotopic (exact) mass is 387 g/mol. The maximum absolute atomic E-state index is 12.9. The van der Waals surface area contributed by atoms with Crippen LogP contribution in [-0.4, -0.2) is 23.5 Å². The molecule has 0 N–H and O–H groups in total. The first kappa shape index (κ1) is 16.1. The first-order valence-electron chi connectivity index (χ1n) is 10.1. The molecule has 1 aliphatic heterocycles. The molecule has 3 aromatic rings. The van der Waals surface area contributed by atoms with E-state index in [2.05, 4.69) is 0 Å². The maximum Gasteiger partial charge on any atom is 0.417 e. The van der Waals surface area contributed by atoms with Gasteiger partial charge in [-0.3, -0.25) is 4.79 Å². The summed E-state index contributed by atoms with van der Waals surface area (Å²) in [7, 11) is 0. The van der Waals surface area contributed by atoms with E-state index in [4.69, 9.17) is 12.2 Å². The van der Waals surface area contributed by atoms with E-state index in [1.807, 2.05) is 36.4 Å². The van der Waals surface area contributed by atoms with Crippen LogP contribution < -0.4 is 4.74 Å². The number of hydrogen-bond donors (Lipinski definition) is 0. The fourth-order valence-corrected chi connectivity index (χ4v) is 2.95. The van der Waals surface area contributed by atoms with Gasteiger partial charge in [-0.1, -0.05) is 66.7 Å². The zero-order chi connectivity index (χ0) is 21.8. The Hall–Kier alpha value is -3.86. The van der Waals surface area contributed by atoms with Crippen molar-refractivity contribution in [3.05, 3.63) is 102 Å². The van der Waals surface area contributed by atoms with Crippen molar-refractivity contribution in [1.82, 2.24) is 4.90 Å². The summed E-state index contributed by atoms with van der Waals surface area (Å²) in [5.74, 6) is 0.501. The summed E-state index contributed by atoms with van der Waals surface area (Å²) in [5, 5.41) is 0. The van der Waals surface area contributed by atoms with Gasteiger partial charge in [0.2, 0.25) is 0 Å². The summed E-state index contributed by atoms with van der Waals surface area (Å²) in [5.41, 5.74) is 1.10. The van der Waals surface area contributed by atoms with Crippen molar-refractivity contribution in [3.63, 3.8) is 0 Å². The Morgan fingerprint density at radius 1 is 1.00 bits per heavy atom. The first-order chi connectivity index (χ1) is 15.0. The predicted molar refractivity (Wildman–Crippen MR) is 109 cm³/mol. The second-order valence-electron chi connectivity index (χ2n) is 6.29. The molecule has 144 valence electrons. The number of imide groups is 1. The van der Waals surface area contributed by atoms with Gasteiger partial charge in [-0.25, -0.2) is 9.69 Å². The fraction of sp³-hybridized carbons (Fsp3) is 0.0833. The number of carbonyl (C=O) groups is 2.